The highest BCUT2D eigenvalue weighted by Gasteiger charge is 2.26. The standard InChI is InChI=1S/C65H142N26O3/c1-11-48(8)58(80-32-30-76-27-28-78-37-52(18-15-24-82-64(71)72)86-40-55(33-46(4)5)79-31-29-75-13-3)43-89-57(35-62(68)94)41-87-56(34-47(6)7)42-90-59(49(9)12-2)44-91-60(50(10)92)45-88-53(19-16-25-83-65(73)74)38-85-54(20-21-61(67)93)39-84-51(36-77-26-22-66)17-14-23-81-63(69)70/h3,26,28-30,46-60,75-80,84-92H,11-25,27,31-45,66H2,1-2,4-10H3,(H2,67,93)(H2,68,94)(H4,69,70,81)(H4,71,72,82)(H4,73,74,83)/t48-,49-,50+,51-,52-,53-,54-,55-,56-,57-,58+,59+,60+/m0/s1. The summed E-state index contributed by atoms with van der Waals surface area (Å²) in [6.07, 6.45) is 9.09. The fraction of sp³-hybridized carbons (Fsp3) is 0.846. The normalized spacial score (nSPS) is 16.1. The number of aliphatic hydroxyl groups is 1. The van der Waals surface area contributed by atoms with E-state index in [0.29, 0.717) is 134 Å². The molecule has 0 fully saturated rings. The maximum atomic E-state index is 12.6. The number of carbonyl (C=O) groups excluding carboxylic acids is 2. The van der Waals surface area contributed by atoms with Gasteiger partial charge in [-0.25, -0.2) is 0 Å². The molecule has 94 heavy (non-hydrogen) atoms. The van der Waals surface area contributed by atoms with Gasteiger partial charge in [0.1, 0.15) is 0 Å². The Balaban J connectivity index is 5.84. The maximum Gasteiger partial charge on any atom is 0.219 e. The van der Waals surface area contributed by atoms with E-state index < -0.39 is 6.10 Å². The van der Waals surface area contributed by atoms with Crippen LogP contribution < -0.4 is 126 Å². The van der Waals surface area contributed by atoms with Crippen molar-refractivity contribution < 1.29 is 14.7 Å². The quantitative estimate of drug-likeness (QED) is 0.0165. The van der Waals surface area contributed by atoms with Crippen LogP contribution in [0.5, 0.6) is 0 Å². The highest BCUT2D eigenvalue weighted by atomic mass is 16.3. The van der Waals surface area contributed by atoms with Gasteiger partial charge in [0.25, 0.3) is 0 Å². The Morgan fingerprint density at radius 1 is 0.426 bits per heavy atom. The minimum absolute atomic E-state index is 0.0228. The summed E-state index contributed by atoms with van der Waals surface area (Å²) in [4.78, 5) is 37.1. The Bertz CT molecular complexity index is 1880. The van der Waals surface area contributed by atoms with Crippen LogP contribution in [0.3, 0.4) is 0 Å². The minimum Gasteiger partial charge on any atom is -0.392 e. The topological polar surface area (TPSA) is 494 Å². The van der Waals surface area contributed by atoms with Gasteiger partial charge in [0.05, 0.1) is 6.10 Å². The Hall–Kier alpha value is -3.89. The van der Waals surface area contributed by atoms with Crippen LogP contribution in [0.4, 0.5) is 0 Å². The summed E-state index contributed by atoms with van der Waals surface area (Å²) in [6.45, 7) is 44.1. The van der Waals surface area contributed by atoms with Crippen molar-refractivity contribution in [2.24, 2.45) is 90.3 Å². The fourth-order valence-electron chi connectivity index (χ4n) is 10.9. The molecule has 0 bridgehead atoms. The lowest BCUT2D eigenvalue weighted by Crippen LogP contribution is -2.56. The molecule has 2 amide bonds. The van der Waals surface area contributed by atoms with Crippen LogP contribution in [0.2, 0.25) is 0 Å². The zero-order valence-corrected chi connectivity index (χ0v) is 59.8. The van der Waals surface area contributed by atoms with Crippen LogP contribution >= 0.6 is 0 Å². The zero-order chi connectivity index (χ0) is 70.3. The van der Waals surface area contributed by atoms with Gasteiger partial charge in [-0.2, -0.15) is 0 Å². The zero-order valence-electron chi connectivity index (χ0n) is 59.8. The van der Waals surface area contributed by atoms with Gasteiger partial charge in [-0.1, -0.05) is 68.2 Å². The largest absolute Gasteiger partial charge is 0.392 e. The van der Waals surface area contributed by atoms with Crippen LogP contribution in [0, 0.1) is 56.8 Å². The molecular weight excluding hydrogens is 1190 g/mol. The Kier molecular flexibility index (Phi) is 56.7. The van der Waals surface area contributed by atoms with Crippen LogP contribution in [0.15, 0.2) is 15.0 Å². The second-order valence-corrected chi connectivity index (χ2v) is 26.3. The van der Waals surface area contributed by atoms with Crippen LogP contribution in [0.1, 0.15) is 146 Å². The number of aliphatic imine (C=N–C) groups is 3. The van der Waals surface area contributed by atoms with E-state index in [0.717, 1.165) is 83.8 Å². The summed E-state index contributed by atoms with van der Waals surface area (Å²) in [5.74, 6) is 1.19. The first-order chi connectivity index (χ1) is 44.9. The first-order valence-corrected chi connectivity index (χ1v) is 35.3. The molecule has 0 aliphatic rings. The van der Waals surface area contributed by atoms with Gasteiger partial charge in [0.2, 0.25) is 11.8 Å². The minimum atomic E-state index is -0.660. The molecule has 0 aromatic heterocycles. The molecule has 13 atom stereocenters. The molecule has 29 heteroatoms. The number of amides is 2. The molecule has 0 unspecified atom stereocenters. The Morgan fingerprint density at radius 3 is 1.29 bits per heavy atom. The average Bonchev–Trinajstić information content (AvgIpc) is 1.50. The highest BCUT2D eigenvalue weighted by molar-refractivity contribution is 5.76. The molecule has 6 radical (unpaired) electrons. The average molecular weight is 1340 g/mol. The number of carbonyl (C=O) groups is 2. The van der Waals surface area contributed by atoms with E-state index in [4.69, 9.17) is 58.5 Å². The van der Waals surface area contributed by atoms with Crippen molar-refractivity contribution in [2.75, 3.05) is 118 Å². The van der Waals surface area contributed by atoms with Gasteiger partial charge >= 0.3 is 0 Å². The Labute approximate surface area is 570 Å². The van der Waals surface area contributed by atoms with E-state index in [1.807, 2.05) is 20.0 Å². The third-order valence-corrected chi connectivity index (χ3v) is 16.8. The number of primary amides is 2. The lowest BCUT2D eigenvalue weighted by molar-refractivity contribution is -0.119. The predicted octanol–water partition coefficient (Wildman–Crippen LogP) is -2.89. The number of guanidine groups is 3. The van der Waals surface area contributed by atoms with Crippen LogP contribution in [-0.4, -0.2) is 219 Å². The summed E-state index contributed by atoms with van der Waals surface area (Å²) in [5, 5.41) is 62.0. The monoisotopic (exact) mass is 1340 g/mol. The number of hydrogen-bond donors (Lipinski definition) is 24. The third-order valence-electron chi connectivity index (χ3n) is 16.8. The van der Waals surface area contributed by atoms with Crippen molar-refractivity contribution in [3.05, 3.63) is 33.1 Å². The van der Waals surface area contributed by atoms with Crippen LogP contribution in [0.25, 0.3) is 0 Å². The SMILES string of the molecule is [CH]CN[CH]CN[C@H](CN[C@@H](CCCN=C(N)N)CN[CH]CN[CH]CN[C@H](CN[C@H](CN[C@H](CN[C@H](CN[C@H](CN[C@@H](CCCN=C(N)N)CN[C@@H](CCC(N)=O)CN[C@@H](CCCN=C(N)N)CN[CH]CN)[C@@H](C)O)[C@@H](C)CC)CC(C)C)CC(N)=O)[C@@H](C)CC)CC(C)C. The molecule has 29 nitrogen and oxygen atoms in total. The first-order valence-electron chi connectivity index (χ1n) is 35.3. The summed E-state index contributed by atoms with van der Waals surface area (Å²) in [7, 11) is 0. The van der Waals surface area contributed by atoms with Crippen molar-refractivity contribution >= 4 is 29.7 Å². The molecular formula is C65H142N26O3. The number of nitrogens with one attached hydrogen (secondary N) is 14. The van der Waals surface area contributed by atoms with Crippen LogP contribution in [-0.2, 0) is 9.59 Å². The third kappa shape index (κ3) is 53.2. The smallest absolute Gasteiger partial charge is 0.219 e. The first kappa shape index (κ1) is 90.1. The maximum absolute atomic E-state index is 12.6. The molecule has 0 aliphatic heterocycles. The number of nitrogens with two attached hydrogens (primary N) is 9. The Morgan fingerprint density at radius 2 is 0.809 bits per heavy atom. The lowest BCUT2D eigenvalue weighted by atomic mass is 9.97. The molecule has 0 spiro atoms. The van der Waals surface area contributed by atoms with Gasteiger partial charge < -0.3 is 131 Å². The molecule has 550 valence electrons. The number of aliphatic hydroxyl groups excluding tert-OH is 1. The molecule has 0 heterocycles. The van der Waals surface area contributed by atoms with Crippen molar-refractivity contribution in [2.45, 2.75) is 212 Å². The molecule has 0 saturated heterocycles. The molecule has 0 rings (SSSR count). The van der Waals surface area contributed by atoms with E-state index in [-0.39, 0.29) is 96.9 Å². The fourth-order valence-corrected chi connectivity index (χ4v) is 10.9. The van der Waals surface area contributed by atoms with Gasteiger partial charge in [-0.05, 0) is 102 Å². The summed E-state index contributed by atoms with van der Waals surface area (Å²) < 4.78 is 0. The van der Waals surface area contributed by atoms with E-state index in [9.17, 15) is 14.7 Å². The van der Waals surface area contributed by atoms with Gasteiger partial charge in [-0.15, -0.1) is 0 Å². The molecule has 33 N–H and O–H groups in total. The second kappa shape index (κ2) is 59.2. The van der Waals surface area contributed by atoms with Gasteiger partial charge in [0.15, 0.2) is 17.9 Å². The summed E-state index contributed by atoms with van der Waals surface area (Å²) in [6, 6.07) is 0.449. The lowest BCUT2D eigenvalue weighted by Gasteiger charge is -2.33. The molecule has 0 aromatic carbocycles. The molecule has 0 aromatic rings. The van der Waals surface area contributed by atoms with Crippen molar-refractivity contribution in [1.29, 1.82) is 0 Å². The second-order valence-electron chi connectivity index (χ2n) is 26.3. The van der Waals surface area contributed by atoms with Gasteiger partial charge in [-0.3, -0.25) is 24.6 Å². The van der Waals surface area contributed by atoms with E-state index in [2.05, 4.69) is 158 Å². The molecule has 0 aliphatic carbocycles. The number of hydrogen-bond acceptors (Lipinski definition) is 21. The van der Waals surface area contributed by atoms with E-state index >= 15 is 0 Å². The van der Waals surface area contributed by atoms with Crippen molar-refractivity contribution in [3.8, 4) is 0 Å². The molecule has 0 saturated carbocycles. The highest BCUT2D eigenvalue weighted by Crippen LogP contribution is 2.13. The number of rotatable bonds is 68. The van der Waals surface area contributed by atoms with E-state index in [1.54, 1.807) is 0 Å². The number of nitrogens with zero attached hydrogens (tertiary/aromatic N) is 3. The van der Waals surface area contributed by atoms with E-state index in [1.165, 1.54) is 0 Å². The van der Waals surface area contributed by atoms with Gasteiger partial charge in [0, 0.05) is 211 Å². The van der Waals surface area contributed by atoms with Crippen molar-refractivity contribution in [1.82, 2.24) is 74.4 Å². The predicted molar refractivity (Wildman–Crippen MR) is 392 cm³/mol. The summed E-state index contributed by atoms with van der Waals surface area (Å²) in [5.41, 5.74) is 50.9. The summed E-state index contributed by atoms with van der Waals surface area (Å²) >= 11 is 0. The van der Waals surface area contributed by atoms with Crippen molar-refractivity contribution in [3.63, 3.8) is 0 Å².